The van der Waals surface area contributed by atoms with Crippen molar-refractivity contribution in [1.82, 2.24) is 10.6 Å². The molecule has 17 heavy (non-hydrogen) atoms. The molecule has 1 saturated heterocycles. The van der Waals surface area contributed by atoms with Crippen LogP contribution in [0.2, 0.25) is 0 Å². The van der Waals surface area contributed by atoms with Crippen LogP contribution in [0.4, 0.5) is 0 Å². The van der Waals surface area contributed by atoms with Crippen molar-refractivity contribution in [2.45, 2.75) is 38.7 Å². The van der Waals surface area contributed by atoms with Crippen LogP contribution in [-0.4, -0.2) is 38.3 Å². The van der Waals surface area contributed by atoms with Gasteiger partial charge in [-0.1, -0.05) is 6.92 Å². The van der Waals surface area contributed by atoms with Crippen LogP contribution >= 0.6 is 0 Å². The fraction of sp³-hybridized carbons (Fsp3) is 0.923. The van der Waals surface area contributed by atoms with Gasteiger partial charge in [0.1, 0.15) is 0 Å². The third-order valence-electron chi connectivity index (χ3n) is 3.71. The molecule has 2 N–H and O–H groups in total. The van der Waals surface area contributed by atoms with Crippen molar-refractivity contribution < 1.29 is 9.53 Å². The second-order valence-corrected chi connectivity index (χ2v) is 5.28. The van der Waals surface area contributed by atoms with Gasteiger partial charge in [0, 0.05) is 19.1 Å². The van der Waals surface area contributed by atoms with Crippen LogP contribution in [0.1, 0.15) is 32.6 Å². The Labute approximate surface area is 103 Å². The number of nitrogens with one attached hydrogen (secondary N) is 2. The molecule has 2 atom stereocenters. The first-order valence-electron chi connectivity index (χ1n) is 6.87. The summed E-state index contributed by atoms with van der Waals surface area (Å²) in [6.45, 7) is 5.80. The smallest absolute Gasteiger partial charge is 0.223 e. The van der Waals surface area contributed by atoms with E-state index in [0.29, 0.717) is 17.9 Å². The number of piperidine rings is 1. The summed E-state index contributed by atoms with van der Waals surface area (Å²) in [5.74, 6) is 1.13. The van der Waals surface area contributed by atoms with Gasteiger partial charge in [-0.3, -0.25) is 4.79 Å². The minimum atomic E-state index is 0.236. The highest BCUT2D eigenvalue weighted by Gasteiger charge is 2.38. The number of hydrogen-bond donors (Lipinski definition) is 2. The van der Waals surface area contributed by atoms with Crippen LogP contribution in [0.5, 0.6) is 0 Å². The second-order valence-electron chi connectivity index (χ2n) is 5.28. The van der Waals surface area contributed by atoms with E-state index in [-0.39, 0.29) is 5.91 Å². The van der Waals surface area contributed by atoms with E-state index in [1.807, 2.05) is 0 Å². The highest BCUT2D eigenvalue weighted by atomic mass is 16.5. The first kappa shape index (κ1) is 12.8. The molecule has 1 aliphatic heterocycles. The summed E-state index contributed by atoms with van der Waals surface area (Å²) >= 11 is 0. The molecule has 0 bridgehead atoms. The third-order valence-corrected chi connectivity index (χ3v) is 3.71. The maximum atomic E-state index is 11.5. The van der Waals surface area contributed by atoms with E-state index >= 15 is 0 Å². The quantitative estimate of drug-likeness (QED) is 0.679. The van der Waals surface area contributed by atoms with Gasteiger partial charge < -0.3 is 15.4 Å². The summed E-state index contributed by atoms with van der Waals surface area (Å²) in [6.07, 6.45) is 4.65. The van der Waals surface area contributed by atoms with Crippen LogP contribution in [0, 0.1) is 11.8 Å². The van der Waals surface area contributed by atoms with Crippen molar-refractivity contribution in [3.63, 3.8) is 0 Å². The lowest BCUT2D eigenvalue weighted by molar-refractivity contribution is -0.122. The minimum absolute atomic E-state index is 0.236. The molecule has 0 radical (unpaired) electrons. The molecule has 0 aromatic carbocycles. The summed E-state index contributed by atoms with van der Waals surface area (Å²) in [4.78, 5) is 11.5. The Morgan fingerprint density at radius 1 is 1.41 bits per heavy atom. The molecule has 4 heteroatoms. The van der Waals surface area contributed by atoms with Gasteiger partial charge in [0.15, 0.2) is 0 Å². The Bertz CT molecular complexity index is 252. The Kier molecular flexibility index (Phi) is 4.80. The molecule has 0 spiro atoms. The fourth-order valence-corrected chi connectivity index (χ4v) is 2.31. The lowest BCUT2D eigenvalue weighted by Gasteiger charge is -2.22. The Hall–Kier alpha value is -0.610. The third kappa shape index (κ3) is 4.28. The predicted molar refractivity (Wildman–Crippen MR) is 66.7 cm³/mol. The molecule has 2 aliphatic rings. The molecule has 1 heterocycles. The predicted octanol–water partition coefficient (Wildman–Crippen LogP) is 0.917. The summed E-state index contributed by atoms with van der Waals surface area (Å²) < 4.78 is 5.77. The first-order valence-corrected chi connectivity index (χ1v) is 6.87. The SMILES string of the molecule is CC1CC1C(=O)NCCCOC1CCNCC1. The van der Waals surface area contributed by atoms with Gasteiger partial charge in [0.2, 0.25) is 5.91 Å². The molecule has 2 fully saturated rings. The van der Waals surface area contributed by atoms with E-state index in [1.54, 1.807) is 0 Å². The van der Waals surface area contributed by atoms with Gasteiger partial charge in [-0.15, -0.1) is 0 Å². The lowest BCUT2D eigenvalue weighted by atomic mass is 10.1. The van der Waals surface area contributed by atoms with Crippen molar-refractivity contribution in [3.05, 3.63) is 0 Å². The molecule has 1 saturated carbocycles. The Morgan fingerprint density at radius 3 is 2.76 bits per heavy atom. The zero-order chi connectivity index (χ0) is 12.1. The van der Waals surface area contributed by atoms with Gasteiger partial charge >= 0.3 is 0 Å². The number of ether oxygens (including phenoxy) is 1. The van der Waals surface area contributed by atoms with E-state index < -0.39 is 0 Å². The summed E-state index contributed by atoms with van der Waals surface area (Å²) in [5, 5.41) is 6.30. The van der Waals surface area contributed by atoms with Gasteiger partial charge in [0.25, 0.3) is 0 Å². The normalized spacial score (nSPS) is 29.0. The number of hydrogen-bond acceptors (Lipinski definition) is 3. The average molecular weight is 240 g/mol. The number of carbonyl (C=O) groups is 1. The molecule has 2 rings (SSSR count). The van der Waals surface area contributed by atoms with E-state index in [9.17, 15) is 4.79 Å². The van der Waals surface area contributed by atoms with Crippen LogP contribution in [-0.2, 0) is 9.53 Å². The Balaban J connectivity index is 1.44. The maximum absolute atomic E-state index is 11.5. The maximum Gasteiger partial charge on any atom is 0.223 e. The monoisotopic (exact) mass is 240 g/mol. The zero-order valence-corrected chi connectivity index (χ0v) is 10.7. The highest BCUT2D eigenvalue weighted by Crippen LogP contribution is 2.37. The topological polar surface area (TPSA) is 50.4 Å². The summed E-state index contributed by atoms with van der Waals surface area (Å²) in [7, 11) is 0. The van der Waals surface area contributed by atoms with Crippen LogP contribution in [0.25, 0.3) is 0 Å². The fourth-order valence-electron chi connectivity index (χ4n) is 2.31. The standard InChI is InChI=1S/C13H24N2O2/c1-10-9-12(10)13(16)15-5-2-8-17-11-3-6-14-7-4-11/h10-12,14H,2-9H2,1H3,(H,15,16). The van der Waals surface area contributed by atoms with E-state index in [4.69, 9.17) is 4.74 Å². The van der Waals surface area contributed by atoms with Gasteiger partial charge in [-0.05, 0) is 44.7 Å². The molecule has 2 unspecified atom stereocenters. The largest absolute Gasteiger partial charge is 0.378 e. The van der Waals surface area contributed by atoms with E-state index in [1.165, 1.54) is 0 Å². The van der Waals surface area contributed by atoms with Crippen molar-refractivity contribution >= 4 is 5.91 Å². The average Bonchev–Trinajstić information content (AvgIpc) is 3.07. The first-order chi connectivity index (χ1) is 8.27. The molecular formula is C13H24N2O2. The van der Waals surface area contributed by atoms with E-state index in [0.717, 1.165) is 51.9 Å². The second kappa shape index (κ2) is 6.36. The Morgan fingerprint density at radius 2 is 2.12 bits per heavy atom. The van der Waals surface area contributed by atoms with Crippen LogP contribution in [0.15, 0.2) is 0 Å². The molecule has 1 aliphatic carbocycles. The van der Waals surface area contributed by atoms with E-state index in [2.05, 4.69) is 17.6 Å². The molecule has 0 aromatic heterocycles. The van der Waals surface area contributed by atoms with Crippen molar-refractivity contribution in [2.24, 2.45) is 11.8 Å². The lowest BCUT2D eigenvalue weighted by Crippen LogP contribution is -2.33. The number of rotatable bonds is 6. The highest BCUT2D eigenvalue weighted by molar-refractivity contribution is 5.81. The number of carbonyl (C=O) groups excluding carboxylic acids is 1. The van der Waals surface area contributed by atoms with Gasteiger partial charge in [-0.25, -0.2) is 0 Å². The zero-order valence-electron chi connectivity index (χ0n) is 10.7. The summed E-state index contributed by atoms with van der Waals surface area (Å²) in [5.41, 5.74) is 0. The van der Waals surface area contributed by atoms with Crippen LogP contribution < -0.4 is 10.6 Å². The van der Waals surface area contributed by atoms with Crippen molar-refractivity contribution in [1.29, 1.82) is 0 Å². The van der Waals surface area contributed by atoms with Crippen molar-refractivity contribution in [3.8, 4) is 0 Å². The van der Waals surface area contributed by atoms with Crippen LogP contribution in [0.3, 0.4) is 0 Å². The molecule has 98 valence electrons. The summed E-state index contributed by atoms with van der Waals surface area (Å²) in [6, 6.07) is 0. The molecule has 1 amide bonds. The van der Waals surface area contributed by atoms with Gasteiger partial charge in [0.05, 0.1) is 6.10 Å². The molecule has 4 nitrogen and oxygen atoms in total. The molecular weight excluding hydrogens is 216 g/mol. The van der Waals surface area contributed by atoms with Gasteiger partial charge in [-0.2, -0.15) is 0 Å². The molecule has 0 aromatic rings. The minimum Gasteiger partial charge on any atom is -0.378 e. The number of amides is 1. The van der Waals surface area contributed by atoms with Crippen molar-refractivity contribution in [2.75, 3.05) is 26.2 Å².